The molecule has 0 radical (unpaired) electrons. The van der Waals surface area contributed by atoms with Crippen molar-refractivity contribution in [2.45, 2.75) is 244 Å². The fourth-order valence-electron chi connectivity index (χ4n) is 8.39. The molecule has 0 heterocycles. The second kappa shape index (κ2) is 50.0. The maximum atomic E-state index is 13.7. The van der Waals surface area contributed by atoms with E-state index in [-0.39, 0.29) is 94.6 Å². The SMILES string of the molecule is CCCCCCCC/C=C\CCCCCCCC(=O)NCCN(CCNC(=O)CCCCCCC/C=C\CCCCCCCC)C(=O)CCC(=O)N[C@@H](CCCN=C(N)N)C(=O)N[C@@H](CCCN=C(N)N)C(N)=O. The van der Waals surface area contributed by atoms with Gasteiger partial charge in [0.25, 0.3) is 0 Å². The number of guanidine groups is 2. The van der Waals surface area contributed by atoms with Crippen LogP contribution >= 0.6 is 0 Å². The third-order valence-electron chi connectivity index (χ3n) is 12.9. The highest BCUT2D eigenvalue weighted by atomic mass is 16.2. The molecule has 0 aliphatic carbocycles. The Morgan fingerprint density at radius 1 is 0.432 bits per heavy atom. The molecule has 0 fully saturated rings. The van der Waals surface area contributed by atoms with Crippen LogP contribution in [0.1, 0.15) is 232 Å². The van der Waals surface area contributed by atoms with E-state index in [0.29, 0.717) is 25.7 Å². The number of rotatable bonds is 51. The van der Waals surface area contributed by atoms with Crippen LogP contribution in [0.2, 0.25) is 0 Å². The lowest BCUT2D eigenvalue weighted by Gasteiger charge is -2.24. The monoisotopic (exact) mass is 1040 g/mol. The van der Waals surface area contributed by atoms with E-state index in [1.807, 2.05) is 0 Å². The highest BCUT2D eigenvalue weighted by Crippen LogP contribution is 2.13. The van der Waals surface area contributed by atoms with Gasteiger partial charge in [0.05, 0.1) is 0 Å². The zero-order chi connectivity index (χ0) is 54.7. The van der Waals surface area contributed by atoms with Gasteiger partial charge in [-0.2, -0.15) is 0 Å². The third kappa shape index (κ3) is 45.5. The first-order valence-electron chi connectivity index (χ1n) is 28.9. The molecule has 0 rings (SSSR count). The van der Waals surface area contributed by atoms with Gasteiger partial charge in [0.2, 0.25) is 35.4 Å². The molecule has 0 aliphatic rings. The zero-order valence-corrected chi connectivity index (χ0v) is 46.4. The van der Waals surface area contributed by atoms with E-state index in [9.17, 15) is 28.8 Å². The summed E-state index contributed by atoms with van der Waals surface area (Å²) in [5.74, 6) is -2.71. The first kappa shape index (κ1) is 68.8. The molecule has 0 saturated heterocycles. The summed E-state index contributed by atoms with van der Waals surface area (Å²) in [6.07, 6.45) is 41.2. The van der Waals surface area contributed by atoms with E-state index in [1.54, 1.807) is 0 Å². The number of hydrogen-bond acceptors (Lipinski definition) is 8. The summed E-state index contributed by atoms with van der Waals surface area (Å²) in [6, 6.07) is -2.13. The lowest BCUT2D eigenvalue weighted by atomic mass is 10.1. The van der Waals surface area contributed by atoms with Gasteiger partial charge in [0.1, 0.15) is 12.1 Å². The molecule has 0 unspecified atom stereocenters. The largest absolute Gasteiger partial charge is 0.370 e. The smallest absolute Gasteiger partial charge is 0.243 e. The fraction of sp³-hybridized carbons (Fsp3) is 0.786. The van der Waals surface area contributed by atoms with Crippen molar-refractivity contribution in [1.82, 2.24) is 26.2 Å². The van der Waals surface area contributed by atoms with Gasteiger partial charge in [-0.15, -0.1) is 0 Å². The van der Waals surface area contributed by atoms with Crippen molar-refractivity contribution in [1.29, 1.82) is 0 Å². The van der Waals surface area contributed by atoms with Crippen molar-refractivity contribution < 1.29 is 28.8 Å². The van der Waals surface area contributed by atoms with Crippen LogP contribution in [0, 0.1) is 0 Å². The quantitative estimate of drug-likeness (QED) is 0.0125. The summed E-state index contributed by atoms with van der Waals surface area (Å²) >= 11 is 0. The minimum absolute atomic E-state index is 0.0841. The van der Waals surface area contributed by atoms with Crippen LogP contribution < -0.4 is 49.9 Å². The van der Waals surface area contributed by atoms with Gasteiger partial charge in [0, 0.05) is 65.0 Å². The van der Waals surface area contributed by atoms with Crippen LogP contribution in [0.25, 0.3) is 0 Å². The Kier molecular flexibility index (Phi) is 46.5. The molecule has 14 N–H and O–H groups in total. The van der Waals surface area contributed by atoms with Crippen LogP contribution in [-0.2, 0) is 28.8 Å². The van der Waals surface area contributed by atoms with E-state index in [0.717, 1.165) is 77.0 Å². The molecule has 18 nitrogen and oxygen atoms in total. The number of amides is 6. The van der Waals surface area contributed by atoms with E-state index >= 15 is 0 Å². The summed E-state index contributed by atoms with van der Waals surface area (Å²) in [6.45, 7) is 5.72. The molecule has 74 heavy (non-hydrogen) atoms. The van der Waals surface area contributed by atoms with Crippen LogP contribution in [0.15, 0.2) is 34.3 Å². The number of nitrogens with one attached hydrogen (secondary N) is 4. The Balaban J connectivity index is 5.20. The first-order valence-corrected chi connectivity index (χ1v) is 28.9. The number of primary amides is 1. The van der Waals surface area contributed by atoms with Crippen molar-refractivity contribution >= 4 is 47.4 Å². The van der Waals surface area contributed by atoms with Crippen LogP contribution in [-0.4, -0.2) is 104 Å². The first-order chi connectivity index (χ1) is 35.8. The van der Waals surface area contributed by atoms with Gasteiger partial charge in [-0.05, 0) is 89.9 Å². The number of nitrogens with two attached hydrogens (primary N) is 5. The van der Waals surface area contributed by atoms with Crippen LogP contribution in [0.4, 0.5) is 0 Å². The predicted molar refractivity (Wildman–Crippen MR) is 304 cm³/mol. The average Bonchev–Trinajstić information content (AvgIpc) is 3.36. The Labute approximate surface area is 447 Å². The van der Waals surface area contributed by atoms with Crippen molar-refractivity contribution in [3.8, 4) is 0 Å². The highest BCUT2D eigenvalue weighted by Gasteiger charge is 2.26. The fourth-order valence-corrected chi connectivity index (χ4v) is 8.39. The normalized spacial score (nSPS) is 12.0. The van der Waals surface area contributed by atoms with Gasteiger partial charge in [-0.3, -0.25) is 38.8 Å². The molecule has 0 saturated carbocycles. The minimum Gasteiger partial charge on any atom is -0.370 e. The summed E-state index contributed by atoms with van der Waals surface area (Å²) in [4.78, 5) is 87.5. The minimum atomic E-state index is -1.09. The van der Waals surface area contributed by atoms with Crippen molar-refractivity contribution in [3.05, 3.63) is 24.3 Å². The topological polar surface area (TPSA) is 309 Å². The number of unbranched alkanes of at least 4 members (excludes halogenated alkanes) is 22. The van der Waals surface area contributed by atoms with Gasteiger partial charge >= 0.3 is 0 Å². The molecule has 426 valence electrons. The summed E-state index contributed by atoms with van der Waals surface area (Å²) < 4.78 is 0. The van der Waals surface area contributed by atoms with E-state index in [2.05, 4.69) is 69.4 Å². The molecule has 0 aromatic heterocycles. The lowest BCUT2D eigenvalue weighted by molar-refractivity contribution is -0.135. The molecule has 0 aromatic rings. The second-order valence-corrected chi connectivity index (χ2v) is 19.7. The van der Waals surface area contributed by atoms with Gasteiger partial charge in [0.15, 0.2) is 11.9 Å². The van der Waals surface area contributed by atoms with E-state index < -0.39 is 29.8 Å². The lowest BCUT2D eigenvalue weighted by Crippen LogP contribution is -2.53. The average molecular weight is 1040 g/mol. The maximum absolute atomic E-state index is 13.7. The Morgan fingerprint density at radius 3 is 1.20 bits per heavy atom. The standard InChI is InChI=1S/C56H106N12O6/c1-3-5-7-9-11-13-15-17-19-21-23-25-27-29-31-37-49(69)62-43-45-68(46-44-63-50(70)38-32-30-28-26-24-22-20-18-16-14-12-10-8-6-4-2)52(72)40-39-51(71)66-48(36-34-42-65-56(60)61)54(74)67-47(53(57)73)35-33-41-64-55(58)59/h17-20,47-48H,3-16,21-46H2,1-2H3,(H2,57,73)(H,62,69)(H,63,70)(H,66,71)(H,67,74)(H4,58,59,64)(H4,60,61,65)/b19-17-,20-18-/t47-,48-/m0/s1. The number of hydrogen-bond donors (Lipinski definition) is 9. The Hall–Kier alpha value is -5.16. The van der Waals surface area contributed by atoms with Gasteiger partial charge < -0.3 is 54.8 Å². The van der Waals surface area contributed by atoms with Gasteiger partial charge in [-0.25, -0.2) is 0 Å². The van der Waals surface area contributed by atoms with Gasteiger partial charge in [-0.1, -0.05) is 141 Å². The Bertz CT molecular complexity index is 1540. The number of nitrogens with zero attached hydrogens (tertiary/aromatic N) is 3. The van der Waals surface area contributed by atoms with Crippen LogP contribution in [0.5, 0.6) is 0 Å². The number of allylic oxidation sites excluding steroid dienone is 4. The van der Waals surface area contributed by atoms with Crippen molar-refractivity contribution in [2.24, 2.45) is 38.7 Å². The molecule has 0 aliphatic heterocycles. The molecule has 0 spiro atoms. The highest BCUT2D eigenvalue weighted by molar-refractivity contribution is 5.92. The zero-order valence-electron chi connectivity index (χ0n) is 46.4. The summed E-state index contributed by atoms with van der Waals surface area (Å²) in [5, 5.41) is 11.2. The molecule has 2 atom stereocenters. The second-order valence-electron chi connectivity index (χ2n) is 19.7. The molecule has 18 heteroatoms. The third-order valence-corrected chi connectivity index (χ3v) is 12.9. The number of aliphatic imine (C=N–C) groups is 2. The molecular weight excluding hydrogens is 937 g/mol. The summed E-state index contributed by atoms with van der Waals surface area (Å²) in [7, 11) is 0. The Morgan fingerprint density at radius 2 is 0.811 bits per heavy atom. The maximum Gasteiger partial charge on any atom is 0.243 e. The molecular formula is C56H106N12O6. The predicted octanol–water partition coefficient (Wildman–Crippen LogP) is 7.46. The number of carbonyl (C=O) groups excluding carboxylic acids is 6. The van der Waals surface area contributed by atoms with Crippen molar-refractivity contribution in [3.63, 3.8) is 0 Å². The molecule has 0 bridgehead atoms. The van der Waals surface area contributed by atoms with Crippen molar-refractivity contribution in [2.75, 3.05) is 39.3 Å². The van der Waals surface area contributed by atoms with Crippen LogP contribution in [0.3, 0.4) is 0 Å². The number of carbonyl (C=O) groups is 6. The van der Waals surface area contributed by atoms with E-state index in [1.165, 1.54) is 94.8 Å². The summed E-state index contributed by atoms with van der Waals surface area (Å²) in [5.41, 5.74) is 27.3. The molecule has 0 aromatic carbocycles. The van der Waals surface area contributed by atoms with E-state index in [4.69, 9.17) is 28.7 Å². The molecule has 6 amide bonds.